The average molecular weight is 372 g/mol. The predicted octanol–water partition coefficient (Wildman–Crippen LogP) is 3.00. The number of ether oxygens (including phenoxy) is 2. The van der Waals surface area contributed by atoms with Crippen LogP contribution in [0.3, 0.4) is 0 Å². The lowest BCUT2D eigenvalue weighted by Gasteiger charge is -2.27. The second kappa shape index (κ2) is 8.60. The van der Waals surface area contributed by atoms with Crippen molar-refractivity contribution in [1.82, 2.24) is 10.2 Å². The van der Waals surface area contributed by atoms with Gasteiger partial charge >= 0.3 is 18.2 Å². The summed E-state index contributed by atoms with van der Waals surface area (Å²) in [6.45, 7) is 11.4. The molecule has 2 atom stereocenters. The maximum atomic E-state index is 12.3. The van der Waals surface area contributed by atoms with Crippen molar-refractivity contribution < 1.29 is 29.0 Å². The Kier molecular flexibility index (Phi) is 7.29. The number of carboxylic acids is 1. The van der Waals surface area contributed by atoms with E-state index in [1.807, 2.05) is 0 Å². The van der Waals surface area contributed by atoms with Crippen LogP contribution in [0.5, 0.6) is 0 Å². The van der Waals surface area contributed by atoms with Crippen LogP contribution in [0.15, 0.2) is 0 Å². The van der Waals surface area contributed by atoms with Crippen molar-refractivity contribution in [2.45, 2.75) is 78.0 Å². The van der Waals surface area contributed by atoms with Crippen LogP contribution in [-0.2, 0) is 14.3 Å². The summed E-state index contributed by atoms with van der Waals surface area (Å²) in [7, 11) is 0. The molecule has 8 heteroatoms. The van der Waals surface area contributed by atoms with Gasteiger partial charge in [0.05, 0.1) is 6.42 Å². The van der Waals surface area contributed by atoms with Gasteiger partial charge in [-0.3, -0.25) is 4.79 Å². The number of carbonyl (C=O) groups is 3. The van der Waals surface area contributed by atoms with E-state index in [1.165, 1.54) is 0 Å². The number of alkyl carbamates (subject to hydrolysis) is 1. The van der Waals surface area contributed by atoms with E-state index in [2.05, 4.69) is 5.32 Å². The van der Waals surface area contributed by atoms with Gasteiger partial charge in [-0.1, -0.05) is 0 Å². The molecule has 1 fully saturated rings. The fourth-order valence-electron chi connectivity index (χ4n) is 2.79. The van der Waals surface area contributed by atoms with Gasteiger partial charge in [-0.25, -0.2) is 9.59 Å². The summed E-state index contributed by atoms with van der Waals surface area (Å²) in [5.41, 5.74) is -1.24. The van der Waals surface area contributed by atoms with E-state index >= 15 is 0 Å². The molecule has 1 aliphatic heterocycles. The van der Waals surface area contributed by atoms with E-state index in [1.54, 1.807) is 46.4 Å². The zero-order valence-electron chi connectivity index (χ0n) is 16.6. The molecule has 1 aliphatic rings. The van der Waals surface area contributed by atoms with Crippen molar-refractivity contribution in [3.63, 3.8) is 0 Å². The lowest BCUT2D eigenvalue weighted by Crippen LogP contribution is -2.44. The molecule has 0 spiro atoms. The largest absolute Gasteiger partial charge is 0.481 e. The van der Waals surface area contributed by atoms with E-state index in [9.17, 15) is 19.5 Å². The molecule has 1 saturated heterocycles. The third-order valence-electron chi connectivity index (χ3n) is 3.84. The van der Waals surface area contributed by atoms with Gasteiger partial charge in [0.2, 0.25) is 0 Å². The lowest BCUT2D eigenvalue weighted by atomic mass is 9.92. The molecule has 0 unspecified atom stereocenters. The smallest absolute Gasteiger partial charge is 0.410 e. The van der Waals surface area contributed by atoms with Gasteiger partial charge in [-0.05, 0) is 60.3 Å². The van der Waals surface area contributed by atoms with Gasteiger partial charge in [0, 0.05) is 19.1 Å². The third-order valence-corrected chi connectivity index (χ3v) is 3.84. The highest BCUT2D eigenvalue weighted by molar-refractivity contribution is 5.70. The molecule has 2 N–H and O–H groups in total. The number of aliphatic carboxylic acids is 1. The molecule has 26 heavy (non-hydrogen) atoms. The maximum Gasteiger partial charge on any atom is 0.410 e. The monoisotopic (exact) mass is 372 g/mol. The molecule has 0 saturated carbocycles. The van der Waals surface area contributed by atoms with Crippen LogP contribution in [0.2, 0.25) is 0 Å². The number of carbonyl (C=O) groups excluding carboxylic acids is 2. The fourth-order valence-corrected chi connectivity index (χ4v) is 2.79. The Morgan fingerprint density at radius 3 is 2.04 bits per heavy atom. The average Bonchev–Trinajstić information content (AvgIpc) is 2.57. The maximum absolute atomic E-state index is 12.3. The molecule has 0 aliphatic carbocycles. The first-order valence-electron chi connectivity index (χ1n) is 8.96. The van der Waals surface area contributed by atoms with Gasteiger partial charge in [0.1, 0.15) is 11.2 Å². The Morgan fingerprint density at radius 1 is 1.00 bits per heavy atom. The molecule has 0 aromatic rings. The molecule has 0 bridgehead atoms. The summed E-state index contributed by atoms with van der Waals surface area (Å²) in [5.74, 6) is -1.22. The number of nitrogens with zero attached hydrogens (tertiary/aromatic N) is 1. The highest BCUT2D eigenvalue weighted by Crippen LogP contribution is 2.23. The van der Waals surface area contributed by atoms with Crippen molar-refractivity contribution in [1.29, 1.82) is 0 Å². The van der Waals surface area contributed by atoms with Gasteiger partial charge in [-0.15, -0.1) is 0 Å². The normalized spacial score (nSPS) is 21.5. The molecule has 0 aromatic carbocycles. The molecular formula is C18H32N2O6. The van der Waals surface area contributed by atoms with Crippen LogP contribution in [0.4, 0.5) is 9.59 Å². The first-order valence-corrected chi connectivity index (χ1v) is 8.96. The molecular weight excluding hydrogens is 340 g/mol. The number of nitrogens with one attached hydrogen (secondary N) is 1. The Balaban J connectivity index is 2.79. The van der Waals surface area contributed by atoms with Gasteiger partial charge in [-0.2, -0.15) is 0 Å². The van der Waals surface area contributed by atoms with Crippen molar-refractivity contribution in [3.8, 4) is 0 Å². The molecule has 8 nitrogen and oxygen atoms in total. The summed E-state index contributed by atoms with van der Waals surface area (Å²) in [6, 6.07) is -0.381. The van der Waals surface area contributed by atoms with Gasteiger partial charge < -0.3 is 24.8 Å². The summed E-state index contributed by atoms with van der Waals surface area (Å²) in [4.78, 5) is 37.1. The Bertz CT molecular complexity index is 521. The van der Waals surface area contributed by atoms with Crippen LogP contribution in [0, 0.1) is 5.92 Å². The zero-order valence-corrected chi connectivity index (χ0v) is 16.6. The number of amides is 2. The second-order valence-electron chi connectivity index (χ2n) is 8.66. The van der Waals surface area contributed by atoms with Crippen LogP contribution in [-0.4, -0.2) is 58.5 Å². The molecule has 0 radical (unpaired) electrons. The first kappa shape index (κ1) is 22.1. The minimum Gasteiger partial charge on any atom is -0.481 e. The lowest BCUT2D eigenvalue weighted by molar-refractivity contribution is -0.138. The van der Waals surface area contributed by atoms with E-state index in [0.717, 1.165) is 0 Å². The number of hydrogen-bond acceptors (Lipinski definition) is 5. The number of rotatable bonds is 3. The predicted molar refractivity (Wildman–Crippen MR) is 95.9 cm³/mol. The van der Waals surface area contributed by atoms with E-state index in [0.29, 0.717) is 25.9 Å². The number of likely N-dealkylation sites (tertiary alicyclic amines) is 1. The van der Waals surface area contributed by atoms with Crippen LogP contribution < -0.4 is 5.32 Å². The Hall–Kier alpha value is -1.99. The number of carboxylic acid groups (broad SMARTS) is 1. The SMILES string of the molecule is CC(C)(C)OC(=O)N[C@@H]1CCN(C(=O)OC(C)(C)C)CC[C@H]1CC(=O)O. The first-order chi connectivity index (χ1) is 11.8. The van der Waals surface area contributed by atoms with Gasteiger partial charge in [0.15, 0.2) is 0 Å². The molecule has 2 amide bonds. The number of hydrogen-bond donors (Lipinski definition) is 2. The van der Waals surface area contributed by atoms with Crippen molar-refractivity contribution in [2.24, 2.45) is 5.92 Å². The highest BCUT2D eigenvalue weighted by Gasteiger charge is 2.33. The highest BCUT2D eigenvalue weighted by atomic mass is 16.6. The van der Waals surface area contributed by atoms with E-state index in [4.69, 9.17) is 9.47 Å². The van der Waals surface area contributed by atoms with Crippen LogP contribution in [0.1, 0.15) is 60.8 Å². The van der Waals surface area contributed by atoms with Crippen LogP contribution in [0.25, 0.3) is 0 Å². The van der Waals surface area contributed by atoms with Crippen LogP contribution >= 0.6 is 0 Å². The van der Waals surface area contributed by atoms with E-state index < -0.39 is 29.4 Å². The van der Waals surface area contributed by atoms with Crippen molar-refractivity contribution in [2.75, 3.05) is 13.1 Å². The quantitative estimate of drug-likeness (QED) is 0.789. The van der Waals surface area contributed by atoms with Crippen molar-refractivity contribution >= 4 is 18.2 Å². The minimum absolute atomic E-state index is 0.0807. The van der Waals surface area contributed by atoms with Crippen molar-refractivity contribution in [3.05, 3.63) is 0 Å². The fraction of sp³-hybridized carbons (Fsp3) is 0.833. The molecule has 1 rings (SSSR count). The van der Waals surface area contributed by atoms with Gasteiger partial charge in [0.25, 0.3) is 0 Å². The Labute approximate surface area is 155 Å². The molecule has 1 heterocycles. The minimum atomic E-state index is -0.934. The molecule has 0 aromatic heterocycles. The topological polar surface area (TPSA) is 105 Å². The Morgan fingerprint density at radius 2 is 1.54 bits per heavy atom. The second-order valence-corrected chi connectivity index (χ2v) is 8.66. The summed E-state index contributed by atoms with van der Waals surface area (Å²) in [6.07, 6.45) is -0.182. The standard InChI is InChI=1S/C18H32N2O6/c1-17(2,3)25-15(23)19-13-8-10-20(16(24)26-18(4,5)6)9-7-12(13)11-14(21)22/h12-13H,7-11H2,1-6H3,(H,19,23)(H,21,22)/t12-,13+/m0/s1. The zero-order chi connectivity index (χ0) is 20.1. The summed E-state index contributed by atoms with van der Waals surface area (Å²) in [5, 5.41) is 11.9. The third kappa shape index (κ3) is 8.40. The van der Waals surface area contributed by atoms with E-state index in [-0.39, 0.29) is 18.4 Å². The summed E-state index contributed by atoms with van der Waals surface area (Å²) < 4.78 is 10.7. The molecule has 150 valence electrons. The summed E-state index contributed by atoms with van der Waals surface area (Å²) >= 11 is 0.